The summed E-state index contributed by atoms with van der Waals surface area (Å²) in [4.78, 5) is 24.2. The first-order chi connectivity index (χ1) is 8.81. The molecule has 1 unspecified atom stereocenters. The van der Waals surface area contributed by atoms with E-state index in [4.69, 9.17) is 5.73 Å². The Balaban J connectivity index is 2.13. The first-order valence-electron chi connectivity index (χ1n) is 6.09. The average molecular weight is 283 g/mol. The highest BCUT2D eigenvalue weighted by Gasteiger charge is 2.36. The van der Waals surface area contributed by atoms with Gasteiger partial charge in [0.2, 0.25) is 0 Å². The third kappa shape index (κ3) is 2.76. The molecular weight excluding hydrogens is 266 g/mol. The van der Waals surface area contributed by atoms with Gasteiger partial charge in [0.05, 0.1) is 10.5 Å². The second-order valence-electron chi connectivity index (χ2n) is 5.54. The molecular formula is C12H17N3O3S. The number of amides is 1. The molecule has 0 aromatic carbocycles. The molecule has 0 bridgehead atoms. The van der Waals surface area contributed by atoms with E-state index in [2.05, 4.69) is 0 Å². The molecule has 1 atom stereocenters. The number of nitro groups is 1. The van der Waals surface area contributed by atoms with Gasteiger partial charge in [-0.3, -0.25) is 14.9 Å². The zero-order valence-electron chi connectivity index (χ0n) is 11.0. The Morgan fingerprint density at radius 3 is 2.84 bits per heavy atom. The Hall–Kier alpha value is -1.47. The predicted molar refractivity (Wildman–Crippen MR) is 73.3 cm³/mol. The van der Waals surface area contributed by atoms with Crippen LogP contribution in [0.2, 0.25) is 0 Å². The van der Waals surface area contributed by atoms with Gasteiger partial charge in [-0.25, -0.2) is 0 Å². The molecule has 0 spiro atoms. The van der Waals surface area contributed by atoms with Gasteiger partial charge in [-0.15, -0.1) is 0 Å². The minimum atomic E-state index is -0.475. The van der Waals surface area contributed by atoms with E-state index in [-0.39, 0.29) is 22.4 Å². The van der Waals surface area contributed by atoms with Crippen LogP contribution >= 0.6 is 11.3 Å². The molecule has 1 saturated heterocycles. The maximum Gasteiger partial charge on any atom is 0.324 e. The molecule has 0 radical (unpaired) electrons. The molecule has 2 rings (SSSR count). The lowest BCUT2D eigenvalue weighted by Gasteiger charge is -2.42. The van der Waals surface area contributed by atoms with E-state index in [1.807, 2.05) is 13.8 Å². The maximum atomic E-state index is 12.3. The number of likely N-dealkylation sites (tertiary alicyclic amines) is 1. The molecule has 1 aliphatic heterocycles. The topological polar surface area (TPSA) is 89.5 Å². The van der Waals surface area contributed by atoms with Crippen LogP contribution in [0.3, 0.4) is 0 Å². The molecule has 1 aromatic heterocycles. The summed E-state index contributed by atoms with van der Waals surface area (Å²) in [6.07, 6.45) is 0.755. The standard InChI is InChI=1S/C12H17N3O3S/c1-12(2)7-14(4-3-9(12)13)11(16)8-5-10(15(17)18)19-6-8/h5-6,9H,3-4,7,13H2,1-2H3. The van der Waals surface area contributed by atoms with Crippen molar-refractivity contribution in [3.8, 4) is 0 Å². The van der Waals surface area contributed by atoms with Crippen LogP contribution < -0.4 is 5.73 Å². The number of nitrogens with two attached hydrogens (primary N) is 1. The van der Waals surface area contributed by atoms with Crippen LogP contribution in [0.4, 0.5) is 5.00 Å². The second-order valence-corrected chi connectivity index (χ2v) is 6.43. The lowest BCUT2D eigenvalue weighted by molar-refractivity contribution is -0.380. The van der Waals surface area contributed by atoms with Crippen LogP contribution in [0.1, 0.15) is 30.6 Å². The molecule has 2 N–H and O–H groups in total. The monoisotopic (exact) mass is 283 g/mol. The van der Waals surface area contributed by atoms with Crippen LogP contribution in [0.25, 0.3) is 0 Å². The van der Waals surface area contributed by atoms with E-state index < -0.39 is 4.92 Å². The number of nitrogens with zero attached hydrogens (tertiary/aromatic N) is 2. The van der Waals surface area contributed by atoms with Gasteiger partial charge >= 0.3 is 5.00 Å². The molecule has 1 fully saturated rings. The highest BCUT2D eigenvalue weighted by atomic mass is 32.1. The molecule has 0 aliphatic carbocycles. The molecule has 1 aromatic rings. The van der Waals surface area contributed by atoms with Crippen molar-refractivity contribution in [3.05, 3.63) is 27.1 Å². The Bertz CT molecular complexity index is 512. The zero-order valence-corrected chi connectivity index (χ0v) is 11.8. The highest BCUT2D eigenvalue weighted by molar-refractivity contribution is 7.13. The minimum absolute atomic E-state index is 0.00341. The number of piperidine rings is 1. The number of thiophene rings is 1. The molecule has 1 amide bonds. The normalized spacial score (nSPS) is 22.3. The van der Waals surface area contributed by atoms with Crippen molar-refractivity contribution in [1.82, 2.24) is 4.90 Å². The number of carbonyl (C=O) groups excluding carboxylic acids is 1. The molecule has 6 nitrogen and oxygen atoms in total. The van der Waals surface area contributed by atoms with Gasteiger partial charge in [0, 0.05) is 30.6 Å². The fourth-order valence-corrected chi connectivity index (χ4v) is 2.96. The van der Waals surface area contributed by atoms with Gasteiger partial charge in [0.25, 0.3) is 5.91 Å². The van der Waals surface area contributed by atoms with Crippen molar-refractivity contribution in [2.24, 2.45) is 11.1 Å². The third-order valence-corrected chi connectivity index (χ3v) is 4.49. The molecule has 7 heteroatoms. The minimum Gasteiger partial charge on any atom is -0.338 e. The van der Waals surface area contributed by atoms with E-state index in [0.29, 0.717) is 18.7 Å². The molecule has 2 heterocycles. The molecule has 1 aliphatic rings. The van der Waals surface area contributed by atoms with Crippen LogP contribution in [-0.4, -0.2) is 34.9 Å². The van der Waals surface area contributed by atoms with E-state index in [9.17, 15) is 14.9 Å². The van der Waals surface area contributed by atoms with E-state index in [1.165, 1.54) is 6.07 Å². The van der Waals surface area contributed by atoms with E-state index >= 15 is 0 Å². The first kappa shape index (κ1) is 14.0. The Kier molecular flexibility index (Phi) is 3.60. The van der Waals surface area contributed by atoms with Gasteiger partial charge < -0.3 is 10.6 Å². The predicted octanol–water partition coefficient (Wildman–Crippen LogP) is 1.86. The van der Waals surface area contributed by atoms with Crippen molar-refractivity contribution < 1.29 is 9.72 Å². The van der Waals surface area contributed by atoms with E-state index in [1.54, 1.807) is 10.3 Å². The SMILES string of the molecule is CC1(C)CN(C(=O)c2csc([N+](=O)[O-])c2)CCC1N. The summed E-state index contributed by atoms with van der Waals surface area (Å²) in [6.45, 7) is 5.25. The molecule has 19 heavy (non-hydrogen) atoms. The Morgan fingerprint density at radius 1 is 1.63 bits per heavy atom. The van der Waals surface area contributed by atoms with Crippen LogP contribution in [0, 0.1) is 15.5 Å². The summed E-state index contributed by atoms with van der Waals surface area (Å²) < 4.78 is 0. The van der Waals surface area contributed by atoms with Crippen LogP contribution in [0.15, 0.2) is 11.4 Å². The van der Waals surface area contributed by atoms with Crippen molar-refractivity contribution in [2.45, 2.75) is 26.3 Å². The summed E-state index contributed by atoms with van der Waals surface area (Å²) in [5.74, 6) is -0.149. The zero-order chi connectivity index (χ0) is 14.2. The highest BCUT2D eigenvalue weighted by Crippen LogP contribution is 2.30. The second kappa shape index (κ2) is 4.90. The maximum absolute atomic E-state index is 12.3. The smallest absolute Gasteiger partial charge is 0.324 e. The van der Waals surface area contributed by atoms with Gasteiger partial charge in [-0.2, -0.15) is 0 Å². The van der Waals surface area contributed by atoms with Crippen LogP contribution in [0.5, 0.6) is 0 Å². The largest absolute Gasteiger partial charge is 0.338 e. The van der Waals surface area contributed by atoms with Crippen LogP contribution in [-0.2, 0) is 0 Å². The van der Waals surface area contributed by atoms with Gasteiger partial charge in [-0.05, 0) is 11.8 Å². The average Bonchev–Trinajstić information content (AvgIpc) is 2.81. The summed E-state index contributed by atoms with van der Waals surface area (Å²) in [7, 11) is 0. The molecule has 104 valence electrons. The van der Waals surface area contributed by atoms with Crippen molar-refractivity contribution in [2.75, 3.05) is 13.1 Å². The third-order valence-electron chi connectivity index (χ3n) is 3.61. The summed E-state index contributed by atoms with van der Waals surface area (Å²) >= 11 is 0.979. The summed E-state index contributed by atoms with van der Waals surface area (Å²) in [5.41, 5.74) is 6.29. The number of rotatable bonds is 2. The lowest BCUT2D eigenvalue weighted by Crippen LogP contribution is -2.53. The number of hydrogen-bond donors (Lipinski definition) is 1. The quantitative estimate of drug-likeness (QED) is 0.662. The fourth-order valence-electron chi connectivity index (χ4n) is 2.26. The van der Waals surface area contributed by atoms with Crippen molar-refractivity contribution in [3.63, 3.8) is 0 Å². The van der Waals surface area contributed by atoms with Crippen molar-refractivity contribution >= 4 is 22.2 Å². The summed E-state index contributed by atoms with van der Waals surface area (Å²) in [6, 6.07) is 1.42. The first-order valence-corrected chi connectivity index (χ1v) is 6.97. The molecule has 0 saturated carbocycles. The summed E-state index contributed by atoms with van der Waals surface area (Å²) in [5, 5.41) is 12.2. The number of carbonyl (C=O) groups is 1. The van der Waals surface area contributed by atoms with Crippen molar-refractivity contribution in [1.29, 1.82) is 0 Å². The van der Waals surface area contributed by atoms with Gasteiger partial charge in [-0.1, -0.05) is 25.2 Å². The van der Waals surface area contributed by atoms with E-state index in [0.717, 1.165) is 17.8 Å². The number of hydrogen-bond acceptors (Lipinski definition) is 5. The fraction of sp³-hybridized carbons (Fsp3) is 0.583. The Labute approximate surface area is 115 Å². The lowest BCUT2D eigenvalue weighted by atomic mass is 9.79. The van der Waals surface area contributed by atoms with Gasteiger partial charge in [0.1, 0.15) is 0 Å². The Morgan fingerprint density at radius 2 is 2.32 bits per heavy atom. The van der Waals surface area contributed by atoms with Gasteiger partial charge in [0.15, 0.2) is 0 Å².